The van der Waals surface area contributed by atoms with Crippen molar-refractivity contribution >= 4 is 29.0 Å². The number of anilines is 2. The normalized spacial score (nSPS) is 20.5. The molecule has 0 bridgehead atoms. The zero-order valence-corrected chi connectivity index (χ0v) is 9.59. The van der Waals surface area contributed by atoms with Crippen molar-refractivity contribution in [2.45, 2.75) is 10.9 Å². The quantitative estimate of drug-likeness (QED) is 0.703. The van der Waals surface area contributed by atoms with Gasteiger partial charge in [0.05, 0.1) is 17.5 Å². The van der Waals surface area contributed by atoms with Crippen LogP contribution in [0.1, 0.15) is 0 Å². The van der Waals surface area contributed by atoms with E-state index in [4.69, 9.17) is 5.73 Å². The number of carbonyl (C=O) groups excluding carboxylic acids is 1. The molecule has 2 heterocycles. The average Bonchev–Trinajstić information content (AvgIpc) is 2.20. The maximum absolute atomic E-state index is 11.9. The molecule has 3 rings (SSSR count). The van der Waals surface area contributed by atoms with E-state index >= 15 is 0 Å². The summed E-state index contributed by atoms with van der Waals surface area (Å²) < 4.78 is 0. The lowest BCUT2D eigenvalue weighted by Crippen LogP contribution is -2.60. The summed E-state index contributed by atoms with van der Waals surface area (Å²) in [5.74, 6) is 0.725. The van der Waals surface area contributed by atoms with E-state index in [1.165, 1.54) is 0 Å². The van der Waals surface area contributed by atoms with Crippen LogP contribution < -0.4 is 16.0 Å². The Labute approximate surface area is 98.2 Å². The first kappa shape index (κ1) is 9.99. The van der Waals surface area contributed by atoms with Gasteiger partial charge in [0.2, 0.25) is 5.91 Å². The molecule has 0 atom stereocenters. The highest BCUT2D eigenvalue weighted by Crippen LogP contribution is 2.38. The zero-order chi connectivity index (χ0) is 11.1. The monoisotopic (exact) mass is 235 g/mol. The molecular weight excluding hydrogens is 222 g/mol. The first-order valence-corrected chi connectivity index (χ1v) is 6.29. The molecule has 1 aromatic carbocycles. The van der Waals surface area contributed by atoms with Gasteiger partial charge >= 0.3 is 0 Å². The predicted octanol–water partition coefficient (Wildman–Crippen LogP) is 0.679. The third-order valence-electron chi connectivity index (χ3n) is 2.99. The third kappa shape index (κ3) is 1.47. The summed E-state index contributed by atoms with van der Waals surface area (Å²) in [7, 11) is 0. The van der Waals surface area contributed by atoms with E-state index in [1.54, 1.807) is 11.8 Å². The number of hydrogen-bond acceptors (Lipinski definition) is 4. The minimum absolute atomic E-state index is 0.189. The summed E-state index contributed by atoms with van der Waals surface area (Å²) in [6.07, 6.45) is 0. The van der Waals surface area contributed by atoms with E-state index in [2.05, 4.69) is 5.32 Å². The second-order valence-corrected chi connectivity index (χ2v) is 5.11. The largest absolute Gasteiger partial charge is 0.399 e. The van der Waals surface area contributed by atoms with Crippen LogP contribution in [0.2, 0.25) is 0 Å². The van der Waals surface area contributed by atoms with Crippen LogP contribution in [0.3, 0.4) is 0 Å². The summed E-state index contributed by atoms with van der Waals surface area (Å²) in [4.78, 5) is 15.0. The van der Waals surface area contributed by atoms with Gasteiger partial charge in [-0.1, -0.05) is 0 Å². The van der Waals surface area contributed by atoms with Crippen molar-refractivity contribution in [3.05, 3.63) is 18.2 Å². The van der Waals surface area contributed by atoms with Gasteiger partial charge in [-0.15, -0.1) is 11.8 Å². The molecule has 2 aliphatic rings. The highest BCUT2D eigenvalue weighted by molar-refractivity contribution is 8.00. The van der Waals surface area contributed by atoms with Crippen LogP contribution in [0, 0.1) is 0 Å². The van der Waals surface area contributed by atoms with E-state index in [1.807, 2.05) is 23.1 Å². The van der Waals surface area contributed by atoms with Crippen LogP contribution in [-0.2, 0) is 4.79 Å². The van der Waals surface area contributed by atoms with Crippen LogP contribution in [-0.4, -0.2) is 30.8 Å². The SMILES string of the molecule is Nc1ccc2c(c1)N(C1CNC1)C(=O)CS2. The number of nitrogen functional groups attached to an aromatic ring is 1. The van der Waals surface area contributed by atoms with Crippen molar-refractivity contribution in [2.24, 2.45) is 0 Å². The maximum Gasteiger partial charge on any atom is 0.237 e. The van der Waals surface area contributed by atoms with E-state index < -0.39 is 0 Å². The van der Waals surface area contributed by atoms with Gasteiger partial charge < -0.3 is 16.0 Å². The fourth-order valence-electron chi connectivity index (χ4n) is 2.04. The van der Waals surface area contributed by atoms with E-state index in [0.29, 0.717) is 17.5 Å². The maximum atomic E-state index is 11.9. The Balaban J connectivity index is 2.04. The van der Waals surface area contributed by atoms with Crippen LogP contribution in [0.5, 0.6) is 0 Å². The number of thioether (sulfide) groups is 1. The fourth-order valence-corrected chi connectivity index (χ4v) is 2.93. The number of amides is 1. The van der Waals surface area contributed by atoms with E-state index in [0.717, 1.165) is 23.7 Å². The van der Waals surface area contributed by atoms with Crippen molar-refractivity contribution in [2.75, 3.05) is 29.5 Å². The van der Waals surface area contributed by atoms with Gasteiger partial charge in [0.1, 0.15) is 0 Å². The first-order valence-electron chi connectivity index (χ1n) is 5.31. The van der Waals surface area contributed by atoms with Crippen LogP contribution in [0.15, 0.2) is 23.1 Å². The smallest absolute Gasteiger partial charge is 0.237 e. The molecular formula is C11H13N3OS. The summed E-state index contributed by atoms with van der Waals surface area (Å²) >= 11 is 1.59. The van der Waals surface area contributed by atoms with E-state index in [9.17, 15) is 4.79 Å². The van der Waals surface area contributed by atoms with Crippen molar-refractivity contribution in [3.8, 4) is 0 Å². The van der Waals surface area contributed by atoms with Gasteiger partial charge in [-0.2, -0.15) is 0 Å². The van der Waals surface area contributed by atoms with Gasteiger partial charge in [-0.3, -0.25) is 4.79 Å². The Hall–Kier alpha value is -1.20. The molecule has 0 radical (unpaired) electrons. The van der Waals surface area contributed by atoms with Crippen molar-refractivity contribution in [1.82, 2.24) is 5.32 Å². The summed E-state index contributed by atoms with van der Waals surface area (Å²) in [5, 5.41) is 3.19. The molecule has 1 aromatic rings. The molecule has 4 nitrogen and oxygen atoms in total. The molecule has 1 fully saturated rings. The minimum Gasteiger partial charge on any atom is -0.399 e. The number of nitrogens with two attached hydrogens (primary N) is 1. The number of benzene rings is 1. The Morgan fingerprint density at radius 3 is 2.94 bits per heavy atom. The van der Waals surface area contributed by atoms with Crippen LogP contribution in [0.4, 0.5) is 11.4 Å². The predicted molar refractivity (Wildman–Crippen MR) is 65.7 cm³/mol. The third-order valence-corrected chi connectivity index (χ3v) is 4.03. The Kier molecular flexibility index (Phi) is 2.29. The van der Waals surface area contributed by atoms with Crippen molar-refractivity contribution < 1.29 is 4.79 Å². The molecule has 16 heavy (non-hydrogen) atoms. The van der Waals surface area contributed by atoms with Gasteiger partial charge in [0.25, 0.3) is 0 Å². The lowest BCUT2D eigenvalue weighted by atomic mass is 10.1. The highest BCUT2D eigenvalue weighted by Gasteiger charge is 2.33. The van der Waals surface area contributed by atoms with Gasteiger partial charge in [-0.25, -0.2) is 0 Å². The second kappa shape index (κ2) is 3.68. The molecule has 0 unspecified atom stereocenters. The lowest BCUT2D eigenvalue weighted by Gasteiger charge is -2.41. The molecule has 0 spiro atoms. The van der Waals surface area contributed by atoms with Crippen molar-refractivity contribution in [1.29, 1.82) is 0 Å². The molecule has 0 aromatic heterocycles. The van der Waals surface area contributed by atoms with Crippen LogP contribution >= 0.6 is 11.8 Å². The number of fused-ring (bicyclic) bond motifs is 1. The summed E-state index contributed by atoms with van der Waals surface area (Å²) in [6, 6.07) is 6.09. The number of hydrogen-bond donors (Lipinski definition) is 2. The average molecular weight is 235 g/mol. The summed E-state index contributed by atoms with van der Waals surface area (Å²) in [6.45, 7) is 1.76. The molecule has 1 saturated heterocycles. The standard InChI is InChI=1S/C11H13N3OS/c12-7-1-2-10-9(3-7)14(8-4-13-5-8)11(15)6-16-10/h1-3,8,13H,4-6,12H2. The molecule has 0 saturated carbocycles. The fraction of sp³-hybridized carbons (Fsp3) is 0.364. The van der Waals surface area contributed by atoms with Crippen molar-refractivity contribution in [3.63, 3.8) is 0 Å². The molecule has 5 heteroatoms. The first-order chi connectivity index (χ1) is 7.75. The minimum atomic E-state index is 0.189. The van der Waals surface area contributed by atoms with Gasteiger partial charge in [0, 0.05) is 23.7 Å². The molecule has 1 amide bonds. The Morgan fingerprint density at radius 2 is 2.25 bits per heavy atom. The number of rotatable bonds is 1. The number of nitrogens with zero attached hydrogens (tertiary/aromatic N) is 1. The lowest BCUT2D eigenvalue weighted by molar-refractivity contribution is -0.117. The Morgan fingerprint density at radius 1 is 1.44 bits per heavy atom. The number of carbonyl (C=O) groups is 1. The molecule has 2 aliphatic heterocycles. The second-order valence-electron chi connectivity index (χ2n) is 4.09. The molecule has 0 aliphatic carbocycles. The molecule has 3 N–H and O–H groups in total. The number of nitrogens with one attached hydrogen (secondary N) is 1. The van der Waals surface area contributed by atoms with Gasteiger partial charge in [-0.05, 0) is 18.2 Å². The van der Waals surface area contributed by atoms with E-state index in [-0.39, 0.29) is 5.91 Å². The Bertz CT molecular complexity index is 445. The van der Waals surface area contributed by atoms with Gasteiger partial charge in [0.15, 0.2) is 0 Å². The topological polar surface area (TPSA) is 58.4 Å². The highest BCUT2D eigenvalue weighted by atomic mass is 32.2. The van der Waals surface area contributed by atoms with Crippen LogP contribution in [0.25, 0.3) is 0 Å². The molecule has 84 valence electrons. The summed E-state index contributed by atoms with van der Waals surface area (Å²) in [5.41, 5.74) is 7.48. The zero-order valence-electron chi connectivity index (χ0n) is 8.77.